The second-order valence-corrected chi connectivity index (χ2v) is 9.70. The Morgan fingerprint density at radius 2 is 1.95 bits per heavy atom. The van der Waals surface area contributed by atoms with Gasteiger partial charge in [-0.3, -0.25) is 19.5 Å². The van der Waals surface area contributed by atoms with Crippen molar-refractivity contribution >= 4 is 46.6 Å². The van der Waals surface area contributed by atoms with Gasteiger partial charge in [0.2, 0.25) is 0 Å². The molecule has 0 bridgehead atoms. The summed E-state index contributed by atoms with van der Waals surface area (Å²) in [7, 11) is 1.62. The van der Waals surface area contributed by atoms with Crippen LogP contribution in [0.15, 0.2) is 65.8 Å². The van der Waals surface area contributed by atoms with Crippen molar-refractivity contribution in [2.75, 3.05) is 7.11 Å². The van der Waals surface area contributed by atoms with Gasteiger partial charge in [-0.1, -0.05) is 53.2 Å². The molecule has 0 aliphatic carbocycles. The zero-order valence-electron chi connectivity index (χ0n) is 19.8. The summed E-state index contributed by atoms with van der Waals surface area (Å²) in [6.45, 7) is 1.96. The minimum absolute atomic E-state index is 0.0218. The maximum atomic E-state index is 12.8. The highest BCUT2D eigenvalue weighted by molar-refractivity contribution is 7.98. The monoisotopic (exact) mass is 557 g/mol. The molecule has 0 saturated heterocycles. The first-order valence-corrected chi connectivity index (χ1v) is 12.7. The molecule has 12 heteroatoms. The summed E-state index contributed by atoms with van der Waals surface area (Å²) in [5.74, 6) is 1.32. The zero-order chi connectivity index (χ0) is 26.5. The van der Waals surface area contributed by atoms with Gasteiger partial charge in [0.25, 0.3) is 11.6 Å². The van der Waals surface area contributed by atoms with Crippen LogP contribution in [0.25, 0.3) is 5.69 Å². The van der Waals surface area contributed by atoms with Crippen molar-refractivity contribution in [2.24, 2.45) is 0 Å². The average Bonchev–Trinajstić information content (AvgIpc) is 3.30. The third-order valence-electron chi connectivity index (χ3n) is 5.43. The molecular formula is C25H21Cl2N5O4S. The number of nitro groups is 1. The Balaban J connectivity index is 1.61. The molecule has 0 atom stereocenters. The van der Waals surface area contributed by atoms with Gasteiger partial charge in [0.1, 0.15) is 10.8 Å². The number of halogens is 2. The van der Waals surface area contributed by atoms with Crippen molar-refractivity contribution in [3.8, 4) is 11.4 Å². The van der Waals surface area contributed by atoms with Gasteiger partial charge in [-0.25, -0.2) is 0 Å². The van der Waals surface area contributed by atoms with E-state index >= 15 is 0 Å². The van der Waals surface area contributed by atoms with Gasteiger partial charge in [-0.05, 0) is 54.4 Å². The Labute approximate surface area is 226 Å². The van der Waals surface area contributed by atoms with Crippen molar-refractivity contribution in [3.05, 3.63) is 103 Å². The minimum atomic E-state index is -0.635. The van der Waals surface area contributed by atoms with Crippen LogP contribution in [0.3, 0.4) is 0 Å². The number of hydrogen-bond donors (Lipinski definition) is 1. The predicted octanol–water partition coefficient (Wildman–Crippen LogP) is 6.02. The van der Waals surface area contributed by atoms with Gasteiger partial charge in [0.15, 0.2) is 11.0 Å². The van der Waals surface area contributed by atoms with E-state index in [0.29, 0.717) is 21.8 Å². The topological polar surface area (TPSA) is 112 Å². The summed E-state index contributed by atoms with van der Waals surface area (Å²) in [6, 6.07) is 17.1. The highest BCUT2D eigenvalue weighted by atomic mass is 35.5. The average molecular weight is 558 g/mol. The summed E-state index contributed by atoms with van der Waals surface area (Å²) < 4.78 is 7.15. The number of nitro benzene ring substituents is 1. The molecule has 0 fully saturated rings. The Kier molecular flexibility index (Phi) is 8.32. The number of benzene rings is 3. The molecule has 0 spiro atoms. The van der Waals surface area contributed by atoms with Crippen LogP contribution in [-0.4, -0.2) is 32.7 Å². The molecule has 1 N–H and O–H groups in total. The molecule has 3 aromatic carbocycles. The fraction of sp³-hybridized carbons (Fsp3) is 0.160. The lowest BCUT2D eigenvalue weighted by Gasteiger charge is -2.14. The van der Waals surface area contributed by atoms with E-state index in [4.69, 9.17) is 27.9 Å². The second-order valence-electron chi connectivity index (χ2n) is 7.91. The smallest absolute Gasteiger partial charge is 0.288 e. The number of aromatic nitrogens is 3. The first-order valence-electron chi connectivity index (χ1n) is 11.0. The largest absolute Gasteiger partial charge is 0.497 e. The van der Waals surface area contributed by atoms with Crippen molar-refractivity contribution in [3.63, 3.8) is 0 Å². The van der Waals surface area contributed by atoms with Crippen LogP contribution in [0.2, 0.25) is 10.0 Å². The minimum Gasteiger partial charge on any atom is -0.497 e. The normalized spacial score (nSPS) is 10.8. The fourth-order valence-electron chi connectivity index (χ4n) is 3.54. The molecule has 0 saturated carbocycles. The van der Waals surface area contributed by atoms with Gasteiger partial charge in [0, 0.05) is 22.4 Å². The van der Waals surface area contributed by atoms with Gasteiger partial charge in [-0.2, -0.15) is 0 Å². The summed E-state index contributed by atoms with van der Waals surface area (Å²) in [6.07, 6.45) is 0. The van der Waals surface area contributed by atoms with E-state index in [1.165, 1.54) is 23.9 Å². The molecule has 0 aliphatic rings. The van der Waals surface area contributed by atoms with E-state index in [-0.39, 0.29) is 22.8 Å². The van der Waals surface area contributed by atoms with E-state index in [2.05, 4.69) is 15.5 Å². The quantitative estimate of drug-likeness (QED) is 0.152. The van der Waals surface area contributed by atoms with Gasteiger partial charge in [-0.15, -0.1) is 10.2 Å². The number of methoxy groups -OCH3 is 1. The van der Waals surface area contributed by atoms with Crippen molar-refractivity contribution in [2.45, 2.75) is 24.4 Å². The zero-order valence-corrected chi connectivity index (χ0v) is 22.1. The molecule has 4 rings (SSSR count). The van der Waals surface area contributed by atoms with Crippen LogP contribution in [0.5, 0.6) is 5.75 Å². The number of hydrogen-bond acceptors (Lipinski definition) is 7. The Hall–Kier alpha value is -3.60. The summed E-state index contributed by atoms with van der Waals surface area (Å²) in [5.41, 5.74) is 2.52. The molecule has 4 aromatic rings. The molecule has 1 heterocycles. The highest BCUT2D eigenvalue weighted by Gasteiger charge is 2.20. The maximum Gasteiger partial charge on any atom is 0.288 e. The number of carbonyl (C=O) groups excluding carboxylic acids is 1. The van der Waals surface area contributed by atoms with E-state index in [9.17, 15) is 14.9 Å². The number of nitrogens with zero attached hydrogens (tertiary/aromatic N) is 4. The first-order chi connectivity index (χ1) is 17.8. The molecule has 0 radical (unpaired) electrons. The van der Waals surface area contributed by atoms with Gasteiger partial charge >= 0.3 is 0 Å². The lowest BCUT2D eigenvalue weighted by atomic mass is 10.2. The number of rotatable bonds is 9. The molecule has 190 valence electrons. The molecule has 9 nitrogen and oxygen atoms in total. The van der Waals surface area contributed by atoms with Crippen LogP contribution in [-0.2, 0) is 12.3 Å². The van der Waals surface area contributed by atoms with Crippen LogP contribution in [0, 0.1) is 17.0 Å². The van der Waals surface area contributed by atoms with Crippen LogP contribution >= 0.6 is 35.0 Å². The molecule has 1 aromatic heterocycles. The third-order valence-corrected chi connectivity index (χ3v) is 6.98. The SMILES string of the molecule is COc1cccc(CSc2nnc(CNC(=O)c3ccc(Cl)c([N+](=O)[O-])c3)n2-c2cc(Cl)ccc2C)c1. The fourth-order valence-corrected chi connectivity index (χ4v) is 4.80. The number of amides is 1. The Bertz CT molecular complexity index is 1480. The third kappa shape index (κ3) is 6.22. The lowest BCUT2D eigenvalue weighted by molar-refractivity contribution is -0.384. The van der Waals surface area contributed by atoms with Crippen molar-refractivity contribution < 1.29 is 14.5 Å². The predicted molar refractivity (Wildman–Crippen MR) is 143 cm³/mol. The van der Waals surface area contributed by atoms with Crippen LogP contribution in [0.1, 0.15) is 27.3 Å². The standard InChI is InChI=1S/C25H21Cl2N5O4S/c1-15-6-8-18(26)12-21(15)31-23(13-28-24(33)17-7-9-20(27)22(11-17)32(34)35)29-30-25(31)37-14-16-4-3-5-19(10-16)36-2/h3-12H,13-14H2,1-2H3,(H,28,33). The van der Waals surface area contributed by atoms with Crippen LogP contribution in [0.4, 0.5) is 5.69 Å². The number of aryl methyl sites for hydroxylation is 1. The number of carbonyl (C=O) groups is 1. The van der Waals surface area contributed by atoms with Crippen molar-refractivity contribution in [1.82, 2.24) is 20.1 Å². The summed E-state index contributed by atoms with van der Waals surface area (Å²) in [5, 5.41) is 23.7. The molecule has 0 unspecified atom stereocenters. The van der Waals surface area contributed by atoms with E-state index < -0.39 is 10.8 Å². The summed E-state index contributed by atoms with van der Waals surface area (Å²) >= 11 is 13.6. The highest BCUT2D eigenvalue weighted by Crippen LogP contribution is 2.29. The summed E-state index contributed by atoms with van der Waals surface area (Å²) in [4.78, 5) is 23.3. The van der Waals surface area contributed by atoms with Gasteiger partial charge in [0.05, 0.1) is 24.3 Å². The van der Waals surface area contributed by atoms with Crippen LogP contribution < -0.4 is 10.1 Å². The van der Waals surface area contributed by atoms with Gasteiger partial charge < -0.3 is 10.1 Å². The van der Waals surface area contributed by atoms with Crippen molar-refractivity contribution in [1.29, 1.82) is 0 Å². The number of thioether (sulfide) groups is 1. The lowest BCUT2D eigenvalue weighted by Crippen LogP contribution is -2.25. The number of ether oxygens (including phenoxy) is 1. The van der Waals surface area contributed by atoms with E-state index in [1.807, 2.05) is 47.9 Å². The Morgan fingerprint density at radius 1 is 1.14 bits per heavy atom. The molecule has 0 aliphatic heterocycles. The maximum absolute atomic E-state index is 12.8. The second kappa shape index (κ2) is 11.6. The molecule has 37 heavy (non-hydrogen) atoms. The number of nitrogens with one attached hydrogen (secondary N) is 1. The first kappa shape index (κ1) is 26.5. The molecular weight excluding hydrogens is 537 g/mol. The van der Waals surface area contributed by atoms with E-state index in [1.54, 1.807) is 13.2 Å². The van der Waals surface area contributed by atoms with E-state index in [0.717, 1.165) is 28.6 Å². The molecule has 1 amide bonds. The Morgan fingerprint density at radius 3 is 2.70 bits per heavy atom.